The third kappa shape index (κ3) is 3.27. The van der Waals surface area contributed by atoms with Gasteiger partial charge in [0.05, 0.1) is 0 Å². The summed E-state index contributed by atoms with van der Waals surface area (Å²) in [6.07, 6.45) is 4.30. The standard InChI is InChI=1S/C14H27N3O2/c1-3-16-14(13(15)18,11-4-5-11)10-17(2)12-6-8-19-9-7-12/h11-12,16H,3-10H2,1-2H3,(H2,15,18). The minimum Gasteiger partial charge on any atom is -0.381 e. The van der Waals surface area contributed by atoms with Gasteiger partial charge >= 0.3 is 0 Å². The number of carbonyl (C=O) groups is 1. The molecule has 2 aliphatic rings. The summed E-state index contributed by atoms with van der Waals surface area (Å²) in [5, 5.41) is 3.38. The van der Waals surface area contributed by atoms with Crippen molar-refractivity contribution in [3.63, 3.8) is 0 Å². The molecule has 1 saturated carbocycles. The van der Waals surface area contributed by atoms with Crippen LogP contribution in [0.2, 0.25) is 0 Å². The van der Waals surface area contributed by atoms with Gasteiger partial charge in [-0.15, -0.1) is 0 Å². The molecule has 1 saturated heterocycles. The first-order valence-corrected chi connectivity index (χ1v) is 7.43. The number of rotatable bonds is 7. The third-order valence-corrected chi connectivity index (χ3v) is 4.52. The minimum atomic E-state index is -0.540. The molecule has 3 N–H and O–H groups in total. The molecule has 1 aliphatic carbocycles. The molecule has 0 spiro atoms. The van der Waals surface area contributed by atoms with E-state index in [9.17, 15) is 4.79 Å². The van der Waals surface area contributed by atoms with Gasteiger partial charge in [-0.1, -0.05) is 6.92 Å². The predicted octanol–water partition coefficient (Wildman–Crippen LogP) is 0.341. The van der Waals surface area contributed by atoms with Crippen LogP contribution in [0.5, 0.6) is 0 Å². The summed E-state index contributed by atoms with van der Waals surface area (Å²) in [6, 6.07) is 0.505. The van der Waals surface area contributed by atoms with E-state index in [0.717, 1.165) is 45.4 Å². The van der Waals surface area contributed by atoms with Crippen molar-refractivity contribution in [2.75, 3.05) is 33.4 Å². The van der Waals surface area contributed by atoms with Gasteiger partial charge in [-0.05, 0) is 45.2 Å². The molecule has 1 atom stereocenters. The number of hydrogen-bond donors (Lipinski definition) is 2. The molecular weight excluding hydrogens is 242 g/mol. The number of likely N-dealkylation sites (N-methyl/N-ethyl adjacent to an activating group) is 2. The molecule has 0 bridgehead atoms. The molecule has 5 heteroatoms. The smallest absolute Gasteiger partial charge is 0.239 e. The summed E-state index contributed by atoms with van der Waals surface area (Å²) in [5.74, 6) is 0.211. The Morgan fingerprint density at radius 1 is 1.37 bits per heavy atom. The number of hydrogen-bond acceptors (Lipinski definition) is 4. The Morgan fingerprint density at radius 3 is 2.47 bits per heavy atom. The van der Waals surface area contributed by atoms with Gasteiger partial charge in [-0.3, -0.25) is 4.79 Å². The Morgan fingerprint density at radius 2 is 2.00 bits per heavy atom. The molecule has 1 amide bonds. The molecule has 1 heterocycles. The molecule has 2 fully saturated rings. The summed E-state index contributed by atoms with van der Waals surface area (Å²) in [5.41, 5.74) is 5.18. The zero-order chi connectivity index (χ0) is 13.9. The van der Waals surface area contributed by atoms with E-state index >= 15 is 0 Å². The van der Waals surface area contributed by atoms with Crippen molar-refractivity contribution >= 4 is 5.91 Å². The summed E-state index contributed by atoms with van der Waals surface area (Å²) < 4.78 is 5.40. The molecule has 19 heavy (non-hydrogen) atoms. The largest absolute Gasteiger partial charge is 0.381 e. The predicted molar refractivity (Wildman–Crippen MR) is 74.8 cm³/mol. The molecule has 0 aromatic carbocycles. The van der Waals surface area contributed by atoms with Crippen LogP contribution in [-0.4, -0.2) is 55.7 Å². The van der Waals surface area contributed by atoms with E-state index in [2.05, 4.69) is 17.3 Å². The summed E-state index contributed by atoms with van der Waals surface area (Å²) in [4.78, 5) is 14.3. The molecule has 0 radical (unpaired) electrons. The number of primary amides is 1. The second-order valence-electron chi connectivity index (χ2n) is 5.90. The van der Waals surface area contributed by atoms with E-state index in [0.29, 0.717) is 18.5 Å². The van der Waals surface area contributed by atoms with Crippen LogP contribution in [0.15, 0.2) is 0 Å². The number of amides is 1. The summed E-state index contributed by atoms with van der Waals surface area (Å²) >= 11 is 0. The maximum atomic E-state index is 12.0. The van der Waals surface area contributed by atoms with Crippen molar-refractivity contribution in [1.29, 1.82) is 0 Å². The normalized spacial score (nSPS) is 24.4. The van der Waals surface area contributed by atoms with Gasteiger partial charge in [0.15, 0.2) is 0 Å². The van der Waals surface area contributed by atoms with E-state index < -0.39 is 5.54 Å². The van der Waals surface area contributed by atoms with Crippen LogP contribution in [0.3, 0.4) is 0 Å². The lowest BCUT2D eigenvalue weighted by Crippen LogP contribution is -2.63. The van der Waals surface area contributed by atoms with Crippen molar-refractivity contribution in [2.45, 2.75) is 44.2 Å². The second-order valence-corrected chi connectivity index (χ2v) is 5.90. The number of nitrogens with zero attached hydrogens (tertiary/aromatic N) is 1. The average molecular weight is 269 g/mol. The molecule has 0 aromatic rings. The zero-order valence-electron chi connectivity index (χ0n) is 12.2. The lowest BCUT2D eigenvalue weighted by molar-refractivity contribution is -0.126. The van der Waals surface area contributed by atoms with Gasteiger partial charge in [0.1, 0.15) is 5.54 Å². The van der Waals surface area contributed by atoms with Gasteiger partial charge in [-0.2, -0.15) is 0 Å². The highest BCUT2D eigenvalue weighted by atomic mass is 16.5. The van der Waals surface area contributed by atoms with Gasteiger partial charge < -0.3 is 20.7 Å². The molecule has 1 unspecified atom stereocenters. The molecule has 5 nitrogen and oxygen atoms in total. The number of ether oxygens (including phenoxy) is 1. The first-order valence-electron chi connectivity index (χ1n) is 7.43. The van der Waals surface area contributed by atoms with Gasteiger partial charge in [0.25, 0.3) is 0 Å². The Bertz CT molecular complexity index is 314. The Hall–Kier alpha value is -0.650. The highest BCUT2D eigenvalue weighted by Gasteiger charge is 2.50. The van der Waals surface area contributed by atoms with E-state index in [1.165, 1.54) is 0 Å². The van der Waals surface area contributed by atoms with Crippen molar-refractivity contribution in [2.24, 2.45) is 11.7 Å². The third-order valence-electron chi connectivity index (χ3n) is 4.52. The minimum absolute atomic E-state index is 0.198. The van der Waals surface area contributed by atoms with Crippen LogP contribution >= 0.6 is 0 Å². The Kier molecular flexibility index (Phi) is 4.81. The fourth-order valence-corrected chi connectivity index (χ4v) is 3.24. The summed E-state index contributed by atoms with van der Waals surface area (Å²) in [7, 11) is 2.10. The quantitative estimate of drug-likeness (QED) is 0.699. The van der Waals surface area contributed by atoms with Gasteiger partial charge in [-0.25, -0.2) is 0 Å². The first-order chi connectivity index (χ1) is 9.10. The highest BCUT2D eigenvalue weighted by Crippen LogP contribution is 2.40. The monoisotopic (exact) mass is 269 g/mol. The number of nitrogens with two attached hydrogens (primary N) is 1. The molecule has 0 aromatic heterocycles. The van der Waals surface area contributed by atoms with Gasteiger partial charge in [0, 0.05) is 25.8 Å². The van der Waals surface area contributed by atoms with Crippen LogP contribution < -0.4 is 11.1 Å². The zero-order valence-corrected chi connectivity index (χ0v) is 12.2. The van der Waals surface area contributed by atoms with E-state index in [4.69, 9.17) is 10.5 Å². The van der Waals surface area contributed by atoms with Crippen LogP contribution in [0.4, 0.5) is 0 Å². The van der Waals surface area contributed by atoms with Crippen LogP contribution in [0.25, 0.3) is 0 Å². The maximum Gasteiger partial charge on any atom is 0.239 e. The fourth-order valence-electron chi connectivity index (χ4n) is 3.24. The Balaban J connectivity index is 2.03. The SMILES string of the molecule is CCNC(CN(C)C1CCOCC1)(C(N)=O)C1CC1. The number of nitrogens with one attached hydrogen (secondary N) is 1. The molecule has 110 valence electrons. The van der Waals surface area contributed by atoms with Gasteiger partial charge in [0.2, 0.25) is 5.91 Å². The second kappa shape index (κ2) is 6.20. The fraction of sp³-hybridized carbons (Fsp3) is 0.929. The molecular formula is C14H27N3O2. The molecule has 2 rings (SSSR count). The lowest BCUT2D eigenvalue weighted by atomic mass is 9.90. The van der Waals surface area contributed by atoms with Crippen molar-refractivity contribution in [3.8, 4) is 0 Å². The van der Waals surface area contributed by atoms with E-state index in [1.54, 1.807) is 0 Å². The Labute approximate surface area is 115 Å². The summed E-state index contributed by atoms with van der Waals surface area (Å²) in [6.45, 7) is 5.17. The highest BCUT2D eigenvalue weighted by molar-refractivity contribution is 5.86. The van der Waals surface area contributed by atoms with Crippen molar-refractivity contribution < 1.29 is 9.53 Å². The van der Waals surface area contributed by atoms with Crippen molar-refractivity contribution in [3.05, 3.63) is 0 Å². The number of carbonyl (C=O) groups excluding carboxylic acids is 1. The average Bonchev–Trinajstić information content (AvgIpc) is 3.23. The maximum absolute atomic E-state index is 12.0. The van der Waals surface area contributed by atoms with E-state index in [1.807, 2.05) is 6.92 Å². The lowest BCUT2D eigenvalue weighted by Gasteiger charge is -2.39. The first kappa shape index (κ1) is 14.8. The van der Waals surface area contributed by atoms with Crippen molar-refractivity contribution in [1.82, 2.24) is 10.2 Å². The molecule has 1 aliphatic heterocycles. The topological polar surface area (TPSA) is 67.6 Å². The van der Waals surface area contributed by atoms with Crippen LogP contribution in [0, 0.1) is 5.92 Å². The van der Waals surface area contributed by atoms with E-state index in [-0.39, 0.29) is 5.91 Å². The van der Waals surface area contributed by atoms with Crippen LogP contribution in [0.1, 0.15) is 32.6 Å². The van der Waals surface area contributed by atoms with Crippen LogP contribution in [-0.2, 0) is 9.53 Å².